The van der Waals surface area contributed by atoms with E-state index < -0.39 is 5.97 Å². The summed E-state index contributed by atoms with van der Waals surface area (Å²) >= 11 is 0. The SMILES string of the molecule is CCC(CC)CN1CCC(C)C1C(=O)O. The van der Waals surface area contributed by atoms with Crippen LogP contribution in [0.25, 0.3) is 0 Å². The number of hydrogen-bond donors (Lipinski definition) is 1. The van der Waals surface area contributed by atoms with Crippen molar-refractivity contribution in [3.05, 3.63) is 0 Å². The maximum atomic E-state index is 11.1. The molecule has 3 nitrogen and oxygen atoms in total. The molecule has 0 amide bonds. The first-order valence-corrected chi connectivity index (χ1v) is 6.06. The fraction of sp³-hybridized carbons (Fsp3) is 0.917. The van der Waals surface area contributed by atoms with Gasteiger partial charge < -0.3 is 5.11 Å². The predicted octanol–water partition coefficient (Wildman–Crippen LogP) is 2.22. The number of carboxylic acid groups (broad SMARTS) is 1. The second kappa shape index (κ2) is 5.50. The molecule has 3 heteroatoms. The van der Waals surface area contributed by atoms with E-state index in [0.29, 0.717) is 11.8 Å². The van der Waals surface area contributed by atoms with Gasteiger partial charge in [-0.2, -0.15) is 0 Å². The van der Waals surface area contributed by atoms with E-state index in [-0.39, 0.29) is 6.04 Å². The van der Waals surface area contributed by atoms with Gasteiger partial charge >= 0.3 is 5.97 Å². The Kier molecular flexibility index (Phi) is 4.58. The van der Waals surface area contributed by atoms with E-state index in [4.69, 9.17) is 0 Å². The van der Waals surface area contributed by atoms with Crippen LogP contribution in [0.3, 0.4) is 0 Å². The van der Waals surface area contributed by atoms with Gasteiger partial charge in [-0.3, -0.25) is 9.69 Å². The molecule has 1 fully saturated rings. The van der Waals surface area contributed by atoms with Crippen molar-refractivity contribution in [2.24, 2.45) is 11.8 Å². The summed E-state index contributed by atoms with van der Waals surface area (Å²) in [6, 6.07) is -0.245. The van der Waals surface area contributed by atoms with Gasteiger partial charge in [0, 0.05) is 6.54 Å². The van der Waals surface area contributed by atoms with Gasteiger partial charge in [-0.1, -0.05) is 33.6 Å². The first-order valence-electron chi connectivity index (χ1n) is 6.06. The highest BCUT2D eigenvalue weighted by atomic mass is 16.4. The van der Waals surface area contributed by atoms with Crippen LogP contribution in [-0.2, 0) is 4.79 Å². The minimum absolute atomic E-state index is 0.245. The second-order valence-corrected chi connectivity index (χ2v) is 4.73. The van der Waals surface area contributed by atoms with Crippen molar-refractivity contribution in [2.45, 2.75) is 46.1 Å². The molecule has 0 aromatic rings. The number of carbonyl (C=O) groups is 1. The third kappa shape index (κ3) is 2.94. The van der Waals surface area contributed by atoms with E-state index in [1.807, 2.05) is 6.92 Å². The molecule has 0 saturated carbocycles. The van der Waals surface area contributed by atoms with Crippen molar-refractivity contribution in [3.63, 3.8) is 0 Å². The minimum atomic E-state index is -0.647. The maximum Gasteiger partial charge on any atom is 0.321 e. The first-order chi connectivity index (χ1) is 7.10. The van der Waals surface area contributed by atoms with Gasteiger partial charge in [0.1, 0.15) is 6.04 Å². The maximum absolute atomic E-state index is 11.1. The highest BCUT2D eigenvalue weighted by Gasteiger charge is 2.36. The van der Waals surface area contributed by atoms with Gasteiger partial charge in [-0.05, 0) is 24.8 Å². The van der Waals surface area contributed by atoms with Gasteiger partial charge in [-0.15, -0.1) is 0 Å². The molecule has 1 heterocycles. The molecule has 1 N–H and O–H groups in total. The predicted molar refractivity (Wildman–Crippen MR) is 60.8 cm³/mol. The molecular weight excluding hydrogens is 190 g/mol. The zero-order valence-electron chi connectivity index (χ0n) is 10.1. The van der Waals surface area contributed by atoms with Gasteiger partial charge in [0.25, 0.3) is 0 Å². The molecule has 0 bridgehead atoms. The van der Waals surface area contributed by atoms with Crippen molar-refractivity contribution in [2.75, 3.05) is 13.1 Å². The van der Waals surface area contributed by atoms with Crippen LogP contribution in [0.1, 0.15) is 40.0 Å². The molecule has 0 aromatic carbocycles. The lowest BCUT2D eigenvalue weighted by Gasteiger charge is -2.26. The molecule has 0 spiro atoms. The van der Waals surface area contributed by atoms with E-state index in [2.05, 4.69) is 18.7 Å². The monoisotopic (exact) mass is 213 g/mol. The lowest BCUT2D eigenvalue weighted by atomic mass is 10.0. The number of hydrogen-bond acceptors (Lipinski definition) is 2. The third-order valence-electron chi connectivity index (χ3n) is 3.70. The molecule has 0 aliphatic carbocycles. The molecular formula is C12H23NO2. The summed E-state index contributed by atoms with van der Waals surface area (Å²) in [5.41, 5.74) is 0. The van der Waals surface area contributed by atoms with Crippen molar-refractivity contribution in [3.8, 4) is 0 Å². The van der Waals surface area contributed by atoms with Crippen molar-refractivity contribution < 1.29 is 9.90 Å². The molecule has 1 saturated heterocycles. The molecule has 88 valence electrons. The Labute approximate surface area is 92.5 Å². The zero-order chi connectivity index (χ0) is 11.4. The lowest BCUT2D eigenvalue weighted by molar-refractivity contribution is -0.143. The molecule has 1 rings (SSSR count). The summed E-state index contributed by atoms with van der Waals surface area (Å²) in [5.74, 6) is 0.306. The van der Waals surface area contributed by atoms with Gasteiger partial charge in [0.2, 0.25) is 0 Å². The van der Waals surface area contributed by atoms with Crippen molar-refractivity contribution >= 4 is 5.97 Å². The van der Waals surface area contributed by atoms with Crippen LogP contribution in [0.4, 0.5) is 0 Å². The smallest absolute Gasteiger partial charge is 0.321 e. The van der Waals surface area contributed by atoms with E-state index in [9.17, 15) is 9.90 Å². The highest BCUT2D eigenvalue weighted by Crippen LogP contribution is 2.26. The summed E-state index contributed by atoms with van der Waals surface area (Å²) in [6.45, 7) is 8.32. The summed E-state index contributed by atoms with van der Waals surface area (Å²) in [6.07, 6.45) is 3.32. The zero-order valence-corrected chi connectivity index (χ0v) is 10.1. The Morgan fingerprint density at radius 3 is 2.53 bits per heavy atom. The summed E-state index contributed by atoms with van der Waals surface area (Å²) in [4.78, 5) is 13.3. The van der Waals surface area contributed by atoms with Crippen LogP contribution in [0.2, 0.25) is 0 Å². The average molecular weight is 213 g/mol. The minimum Gasteiger partial charge on any atom is -0.480 e. The molecule has 2 unspecified atom stereocenters. The van der Waals surface area contributed by atoms with Crippen LogP contribution in [-0.4, -0.2) is 35.1 Å². The van der Waals surface area contributed by atoms with Crippen molar-refractivity contribution in [1.29, 1.82) is 0 Å². The Hall–Kier alpha value is -0.570. The molecule has 2 atom stereocenters. The molecule has 1 aliphatic heterocycles. The summed E-state index contributed by atoms with van der Waals surface area (Å²) < 4.78 is 0. The normalized spacial score (nSPS) is 27.5. The van der Waals surface area contributed by atoms with Gasteiger partial charge in [-0.25, -0.2) is 0 Å². The van der Waals surface area contributed by atoms with Gasteiger partial charge in [0.15, 0.2) is 0 Å². The molecule has 0 radical (unpaired) electrons. The Balaban J connectivity index is 2.57. The fourth-order valence-corrected chi connectivity index (χ4v) is 2.51. The largest absolute Gasteiger partial charge is 0.480 e. The third-order valence-corrected chi connectivity index (χ3v) is 3.70. The lowest BCUT2D eigenvalue weighted by Crippen LogP contribution is -2.41. The quantitative estimate of drug-likeness (QED) is 0.761. The van der Waals surface area contributed by atoms with E-state index in [1.165, 1.54) is 0 Å². The van der Waals surface area contributed by atoms with E-state index in [1.54, 1.807) is 0 Å². The van der Waals surface area contributed by atoms with E-state index in [0.717, 1.165) is 32.4 Å². The van der Waals surface area contributed by atoms with E-state index >= 15 is 0 Å². The summed E-state index contributed by atoms with van der Waals surface area (Å²) in [5, 5.41) is 9.17. The second-order valence-electron chi connectivity index (χ2n) is 4.73. The molecule has 15 heavy (non-hydrogen) atoms. The number of nitrogens with zero attached hydrogens (tertiary/aromatic N) is 1. The Morgan fingerprint density at radius 1 is 1.47 bits per heavy atom. The number of aliphatic carboxylic acids is 1. The Bertz CT molecular complexity index is 214. The topological polar surface area (TPSA) is 40.5 Å². The Morgan fingerprint density at radius 2 is 2.07 bits per heavy atom. The molecule has 0 aromatic heterocycles. The first kappa shape index (κ1) is 12.5. The van der Waals surface area contributed by atoms with Crippen LogP contribution in [0.15, 0.2) is 0 Å². The van der Waals surface area contributed by atoms with Crippen molar-refractivity contribution in [1.82, 2.24) is 4.90 Å². The molecule has 1 aliphatic rings. The van der Waals surface area contributed by atoms with Crippen LogP contribution in [0, 0.1) is 11.8 Å². The van der Waals surface area contributed by atoms with Crippen LogP contribution < -0.4 is 0 Å². The standard InChI is InChI=1S/C12H23NO2/c1-4-10(5-2)8-13-7-6-9(3)11(13)12(14)15/h9-11H,4-8H2,1-3H3,(H,14,15). The van der Waals surface area contributed by atoms with Crippen LogP contribution in [0.5, 0.6) is 0 Å². The summed E-state index contributed by atoms with van der Waals surface area (Å²) in [7, 11) is 0. The highest BCUT2D eigenvalue weighted by molar-refractivity contribution is 5.74. The van der Waals surface area contributed by atoms with Gasteiger partial charge in [0.05, 0.1) is 0 Å². The number of carboxylic acids is 1. The average Bonchev–Trinajstić information content (AvgIpc) is 2.56. The van der Waals surface area contributed by atoms with Crippen LogP contribution >= 0.6 is 0 Å². The number of rotatable bonds is 5. The number of likely N-dealkylation sites (tertiary alicyclic amines) is 1. The fourth-order valence-electron chi connectivity index (χ4n) is 2.51.